The minimum Gasteiger partial charge on any atom is -0.455 e. The van der Waals surface area contributed by atoms with Crippen molar-refractivity contribution in [2.75, 3.05) is 0 Å². The lowest BCUT2D eigenvalue weighted by Gasteiger charge is -2.16. The fourth-order valence-electron chi connectivity index (χ4n) is 8.96. The van der Waals surface area contributed by atoms with Crippen molar-refractivity contribution in [1.29, 1.82) is 0 Å². The predicted octanol–water partition coefficient (Wildman–Crippen LogP) is 13.9. The molecule has 1 heteroatoms. The fourth-order valence-corrected chi connectivity index (χ4v) is 8.96. The summed E-state index contributed by atoms with van der Waals surface area (Å²) < 4.78 is 6.77. The Hall–Kier alpha value is -6.44. The molecule has 0 saturated carbocycles. The van der Waals surface area contributed by atoms with E-state index in [9.17, 15) is 0 Å². The van der Waals surface area contributed by atoms with Crippen molar-refractivity contribution < 1.29 is 4.42 Å². The molecule has 0 radical (unpaired) electrons. The van der Waals surface area contributed by atoms with E-state index < -0.39 is 0 Å². The topological polar surface area (TPSA) is 13.1 Å². The lowest BCUT2D eigenvalue weighted by atomic mass is 9.87. The lowest BCUT2D eigenvalue weighted by molar-refractivity contribution is 0.670. The zero-order chi connectivity index (χ0) is 31.8. The first-order valence-corrected chi connectivity index (χ1v) is 17.0. The summed E-state index contributed by atoms with van der Waals surface area (Å²) in [5.74, 6) is 0. The number of hydrogen-bond acceptors (Lipinski definition) is 1. The highest BCUT2D eigenvalue weighted by atomic mass is 16.3. The molecule has 1 nitrogen and oxygen atoms in total. The van der Waals surface area contributed by atoms with Gasteiger partial charge >= 0.3 is 0 Å². The number of fused-ring (bicyclic) bond motifs is 5. The van der Waals surface area contributed by atoms with Crippen LogP contribution in [0.4, 0.5) is 0 Å². The van der Waals surface area contributed by atoms with Gasteiger partial charge in [-0.25, -0.2) is 0 Å². The largest absolute Gasteiger partial charge is 0.455 e. The average molecular weight is 619 g/mol. The number of para-hydroxylation sites is 1. The molecule has 0 amide bonds. The van der Waals surface area contributed by atoms with Gasteiger partial charge in [-0.15, -0.1) is 0 Å². The van der Waals surface area contributed by atoms with E-state index >= 15 is 0 Å². The Morgan fingerprint density at radius 2 is 0.816 bits per heavy atom. The first-order valence-electron chi connectivity index (χ1n) is 17.0. The van der Waals surface area contributed by atoms with Crippen LogP contribution in [0.15, 0.2) is 162 Å². The summed E-state index contributed by atoms with van der Waals surface area (Å²) >= 11 is 0. The standard InChI is InChI=1S/C48H26O/c1-2-10-42-40(9-1)47-36-21-19-33(35-20-15-31-13-11-27-5-3-7-29-17-23-38(35)45(31)43(27)29)25-34(36)26-41(48(47)49-42)37-22-16-32-14-12-28-6-4-8-30-18-24-39(37)46(32)44(28)30/h1-26H. The highest BCUT2D eigenvalue weighted by Crippen LogP contribution is 2.46. The van der Waals surface area contributed by atoms with Crippen molar-refractivity contribution in [2.45, 2.75) is 0 Å². The van der Waals surface area contributed by atoms with Crippen LogP contribution in [0, 0.1) is 0 Å². The summed E-state index contributed by atoms with van der Waals surface area (Å²) in [5, 5.41) is 20.3. The molecule has 0 aliphatic rings. The molecular formula is C48H26O. The Kier molecular flexibility index (Phi) is 4.77. The predicted molar refractivity (Wildman–Crippen MR) is 210 cm³/mol. The first-order chi connectivity index (χ1) is 24.3. The van der Waals surface area contributed by atoms with Gasteiger partial charge in [0.1, 0.15) is 11.2 Å². The monoisotopic (exact) mass is 618 g/mol. The minimum absolute atomic E-state index is 0.916. The average Bonchev–Trinajstić information content (AvgIpc) is 3.55. The summed E-state index contributed by atoms with van der Waals surface area (Å²) in [5.41, 5.74) is 6.67. The Morgan fingerprint density at radius 3 is 1.49 bits per heavy atom. The van der Waals surface area contributed by atoms with Crippen LogP contribution in [0.2, 0.25) is 0 Å². The summed E-state index contributed by atoms with van der Waals surface area (Å²) in [4.78, 5) is 0. The highest BCUT2D eigenvalue weighted by molar-refractivity contribution is 6.29. The summed E-state index contributed by atoms with van der Waals surface area (Å²) in [6.45, 7) is 0. The molecule has 0 aliphatic heterocycles. The zero-order valence-electron chi connectivity index (χ0n) is 26.4. The first kappa shape index (κ1) is 25.6. The molecule has 0 N–H and O–H groups in total. The molecule has 12 rings (SSSR count). The molecule has 0 spiro atoms. The minimum atomic E-state index is 0.916. The second-order valence-electron chi connectivity index (χ2n) is 13.6. The third kappa shape index (κ3) is 3.34. The van der Waals surface area contributed by atoms with Gasteiger partial charge in [0.15, 0.2) is 0 Å². The van der Waals surface area contributed by atoms with Crippen molar-refractivity contribution in [3.05, 3.63) is 158 Å². The van der Waals surface area contributed by atoms with Crippen molar-refractivity contribution in [2.24, 2.45) is 0 Å². The fraction of sp³-hybridized carbons (Fsp3) is 0. The third-order valence-corrected chi connectivity index (χ3v) is 11.1. The van der Waals surface area contributed by atoms with Gasteiger partial charge < -0.3 is 4.42 Å². The summed E-state index contributed by atoms with van der Waals surface area (Å²) in [6, 6.07) is 58.4. The molecule has 0 unspecified atom stereocenters. The van der Waals surface area contributed by atoms with Gasteiger partial charge in [-0.05, 0) is 110 Å². The maximum absolute atomic E-state index is 6.77. The van der Waals surface area contributed by atoms with Gasteiger partial charge in [0.05, 0.1) is 0 Å². The second-order valence-corrected chi connectivity index (χ2v) is 13.6. The van der Waals surface area contributed by atoms with Crippen molar-refractivity contribution in [3.63, 3.8) is 0 Å². The van der Waals surface area contributed by atoms with Gasteiger partial charge in [0, 0.05) is 16.3 Å². The van der Waals surface area contributed by atoms with Gasteiger partial charge in [-0.1, -0.05) is 140 Å². The molecule has 1 heterocycles. The number of furan rings is 1. The van der Waals surface area contributed by atoms with Crippen LogP contribution in [0.5, 0.6) is 0 Å². The van der Waals surface area contributed by atoms with E-state index in [0.717, 1.165) is 22.1 Å². The third-order valence-electron chi connectivity index (χ3n) is 11.1. The number of benzene rings is 11. The Bertz CT molecular complexity index is 3290. The molecule has 0 aliphatic carbocycles. The van der Waals surface area contributed by atoms with Gasteiger partial charge in [-0.3, -0.25) is 0 Å². The molecule has 1 aromatic heterocycles. The van der Waals surface area contributed by atoms with E-state index in [1.807, 2.05) is 0 Å². The van der Waals surface area contributed by atoms with E-state index in [1.165, 1.54) is 97.5 Å². The molecule has 0 atom stereocenters. The maximum atomic E-state index is 6.77. The molecule has 0 fully saturated rings. The van der Waals surface area contributed by atoms with Crippen molar-refractivity contribution >= 4 is 97.3 Å². The second kappa shape index (κ2) is 9.13. The normalized spacial score (nSPS) is 12.5. The van der Waals surface area contributed by atoms with E-state index in [1.54, 1.807) is 0 Å². The summed E-state index contributed by atoms with van der Waals surface area (Å²) in [6.07, 6.45) is 0. The zero-order valence-corrected chi connectivity index (χ0v) is 26.4. The molecule has 224 valence electrons. The molecule has 0 bridgehead atoms. The maximum Gasteiger partial charge on any atom is 0.143 e. The molecular weight excluding hydrogens is 593 g/mol. The van der Waals surface area contributed by atoms with Gasteiger partial charge in [0.25, 0.3) is 0 Å². The van der Waals surface area contributed by atoms with Crippen LogP contribution in [0.25, 0.3) is 120 Å². The van der Waals surface area contributed by atoms with Gasteiger partial charge in [-0.2, -0.15) is 0 Å². The SMILES string of the molecule is c1cc2ccc3ccc(-c4ccc5c(c4)cc(-c4ccc6ccc7cccc8ccc4c6c78)c4oc6ccccc6c45)c4ccc(c1)c2c34. The molecule has 49 heavy (non-hydrogen) atoms. The van der Waals surface area contributed by atoms with Crippen LogP contribution >= 0.6 is 0 Å². The molecule has 11 aromatic carbocycles. The molecule has 0 saturated heterocycles. The highest BCUT2D eigenvalue weighted by Gasteiger charge is 2.20. The quantitative estimate of drug-likeness (QED) is 0.176. The Balaban J connectivity index is 1.18. The van der Waals surface area contributed by atoms with E-state index in [4.69, 9.17) is 4.42 Å². The van der Waals surface area contributed by atoms with E-state index in [-0.39, 0.29) is 0 Å². The van der Waals surface area contributed by atoms with Crippen LogP contribution in [0.3, 0.4) is 0 Å². The number of hydrogen-bond donors (Lipinski definition) is 0. The smallest absolute Gasteiger partial charge is 0.143 e. The Labute approximate surface area is 280 Å². The van der Waals surface area contributed by atoms with Crippen LogP contribution < -0.4 is 0 Å². The van der Waals surface area contributed by atoms with Gasteiger partial charge in [0.2, 0.25) is 0 Å². The van der Waals surface area contributed by atoms with E-state index in [2.05, 4.69) is 158 Å². The van der Waals surface area contributed by atoms with Crippen molar-refractivity contribution in [3.8, 4) is 22.3 Å². The van der Waals surface area contributed by atoms with Crippen LogP contribution in [-0.4, -0.2) is 0 Å². The van der Waals surface area contributed by atoms with Crippen molar-refractivity contribution in [1.82, 2.24) is 0 Å². The summed E-state index contributed by atoms with van der Waals surface area (Å²) in [7, 11) is 0. The van der Waals surface area contributed by atoms with Crippen LogP contribution in [-0.2, 0) is 0 Å². The number of rotatable bonds is 2. The Morgan fingerprint density at radius 1 is 0.286 bits per heavy atom. The van der Waals surface area contributed by atoms with Crippen LogP contribution in [0.1, 0.15) is 0 Å². The molecule has 12 aromatic rings. The lowest BCUT2D eigenvalue weighted by Crippen LogP contribution is -1.89. The van der Waals surface area contributed by atoms with E-state index in [0.29, 0.717) is 0 Å².